The number of piperidine rings is 1. The Morgan fingerprint density at radius 3 is 2.42 bits per heavy atom. The minimum atomic E-state index is -0.676. The van der Waals surface area contributed by atoms with Crippen molar-refractivity contribution < 1.29 is 14.3 Å². The Balaban J connectivity index is 1.40. The molecule has 2 aliphatic heterocycles. The van der Waals surface area contributed by atoms with Crippen LogP contribution in [0.25, 0.3) is 0 Å². The molecule has 1 unspecified atom stereocenters. The third kappa shape index (κ3) is 5.28. The number of nitrogens with zero attached hydrogens (tertiary/aromatic N) is 6. The van der Waals surface area contributed by atoms with E-state index in [-0.39, 0.29) is 39.6 Å². The van der Waals surface area contributed by atoms with Crippen LogP contribution in [-0.4, -0.2) is 88.5 Å². The van der Waals surface area contributed by atoms with E-state index in [9.17, 15) is 9.59 Å². The Bertz CT molecular complexity index is 1140. The molecule has 36 heavy (non-hydrogen) atoms. The van der Waals surface area contributed by atoms with Gasteiger partial charge in [0.1, 0.15) is 11.0 Å². The SMILES string of the molecule is CCC1CN(c2nc(N)c(C(=O)OC)nc2Cl)CCN1C1CCN(C(=O)c2ccc(Cl)nc2N)CC1. The minimum Gasteiger partial charge on any atom is -0.464 e. The van der Waals surface area contributed by atoms with Crippen molar-refractivity contribution in [1.29, 1.82) is 0 Å². The minimum absolute atomic E-state index is 0.00899. The number of nitrogen functional groups attached to an aromatic ring is 2. The lowest BCUT2D eigenvalue weighted by atomic mass is 9.97. The van der Waals surface area contributed by atoms with Gasteiger partial charge in [0.05, 0.1) is 12.7 Å². The fourth-order valence-electron chi connectivity index (χ4n) is 4.97. The number of hydrogen-bond donors (Lipinski definition) is 2. The Kier molecular flexibility index (Phi) is 8.01. The van der Waals surface area contributed by atoms with Gasteiger partial charge in [-0.05, 0) is 31.4 Å². The molecule has 4 heterocycles. The first-order valence-corrected chi connectivity index (χ1v) is 12.6. The second-order valence-corrected chi connectivity index (χ2v) is 9.64. The maximum Gasteiger partial charge on any atom is 0.360 e. The zero-order chi connectivity index (χ0) is 26.0. The van der Waals surface area contributed by atoms with Crippen LogP contribution in [0.15, 0.2) is 12.1 Å². The molecule has 2 aromatic heterocycles. The van der Waals surface area contributed by atoms with Crippen molar-refractivity contribution in [3.63, 3.8) is 0 Å². The summed E-state index contributed by atoms with van der Waals surface area (Å²) in [5.74, 6) is -0.184. The molecule has 0 saturated carbocycles. The molecular formula is C23H30Cl2N8O3. The van der Waals surface area contributed by atoms with Crippen LogP contribution in [-0.2, 0) is 4.74 Å². The lowest BCUT2D eigenvalue weighted by Crippen LogP contribution is -2.58. The van der Waals surface area contributed by atoms with E-state index in [1.54, 1.807) is 12.1 Å². The molecule has 194 valence electrons. The molecule has 1 atom stereocenters. The molecule has 2 saturated heterocycles. The molecule has 1 amide bonds. The van der Waals surface area contributed by atoms with Gasteiger partial charge in [0.2, 0.25) is 0 Å². The number of aromatic nitrogens is 3. The van der Waals surface area contributed by atoms with Gasteiger partial charge in [-0.15, -0.1) is 0 Å². The number of pyridine rings is 1. The van der Waals surface area contributed by atoms with E-state index in [1.165, 1.54) is 7.11 Å². The van der Waals surface area contributed by atoms with Crippen LogP contribution >= 0.6 is 23.2 Å². The van der Waals surface area contributed by atoms with E-state index >= 15 is 0 Å². The van der Waals surface area contributed by atoms with Gasteiger partial charge < -0.3 is 26.0 Å². The monoisotopic (exact) mass is 536 g/mol. The van der Waals surface area contributed by atoms with Crippen molar-refractivity contribution in [3.8, 4) is 0 Å². The lowest BCUT2D eigenvalue weighted by molar-refractivity contribution is 0.0490. The Hall–Kier alpha value is -2.89. The molecule has 0 bridgehead atoms. The average Bonchev–Trinajstić information content (AvgIpc) is 2.88. The van der Waals surface area contributed by atoms with Crippen molar-refractivity contribution in [1.82, 2.24) is 24.8 Å². The van der Waals surface area contributed by atoms with E-state index in [4.69, 9.17) is 39.4 Å². The number of carbonyl (C=O) groups excluding carboxylic acids is 2. The second-order valence-electron chi connectivity index (χ2n) is 8.90. The van der Waals surface area contributed by atoms with E-state index < -0.39 is 5.97 Å². The largest absolute Gasteiger partial charge is 0.464 e. The number of ether oxygens (including phenoxy) is 1. The molecule has 2 aliphatic rings. The highest BCUT2D eigenvalue weighted by molar-refractivity contribution is 6.32. The molecule has 0 spiro atoms. The summed E-state index contributed by atoms with van der Waals surface area (Å²) >= 11 is 12.2. The molecule has 13 heteroatoms. The van der Waals surface area contributed by atoms with Gasteiger partial charge >= 0.3 is 5.97 Å². The fourth-order valence-corrected chi connectivity index (χ4v) is 5.37. The number of amides is 1. The summed E-state index contributed by atoms with van der Waals surface area (Å²) < 4.78 is 4.69. The number of hydrogen-bond acceptors (Lipinski definition) is 10. The molecule has 0 radical (unpaired) electrons. The van der Waals surface area contributed by atoms with Crippen molar-refractivity contribution in [3.05, 3.63) is 33.7 Å². The molecule has 0 aromatic carbocycles. The zero-order valence-corrected chi connectivity index (χ0v) is 21.8. The van der Waals surface area contributed by atoms with Crippen LogP contribution in [0.1, 0.15) is 47.0 Å². The highest BCUT2D eigenvalue weighted by atomic mass is 35.5. The number of carbonyl (C=O) groups is 2. The summed E-state index contributed by atoms with van der Waals surface area (Å²) in [6, 6.07) is 3.83. The maximum absolute atomic E-state index is 13.0. The van der Waals surface area contributed by atoms with Crippen molar-refractivity contribution in [2.24, 2.45) is 0 Å². The first-order chi connectivity index (χ1) is 17.2. The lowest BCUT2D eigenvalue weighted by Gasteiger charge is -2.47. The number of piperazine rings is 1. The molecule has 4 N–H and O–H groups in total. The summed E-state index contributed by atoms with van der Waals surface area (Å²) in [5.41, 5.74) is 12.2. The highest BCUT2D eigenvalue weighted by Gasteiger charge is 2.35. The van der Waals surface area contributed by atoms with E-state index in [0.29, 0.717) is 43.6 Å². The molecule has 0 aliphatic carbocycles. The van der Waals surface area contributed by atoms with Gasteiger partial charge in [0.25, 0.3) is 5.91 Å². The van der Waals surface area contributed by atoms with Gasteiger partial charge in [-0.1, -0.05) is 30.1 Å². The number of halogens is 2. The summed E-state index contributed by atoms with van der Waals surface area (Å²) in [5, 5.41) is 0.387. The van der Waals surface area contributed by atoms with Crippen molar-refractivity contribution in [2.75, 3.05) is 56.2 Å². The Morgan fingerprint density at radius 2 is 1.78 bits per heavy atom. The van der Waals surface area contributed by atoms with Gasteiger partial charge in [0, 0.05) is 44.8 Å². The molecule has 2 aromatic rings. The molecule has 2 fully saturated rings. The smallest absolute Gasteiger partial charge is 0.360 e. The topological polar surface area (TPSA) is 144 Å². The fraction of sp³-hybridized carbons (Fsp3) is 0.522. The number of nitrogens with two attached hydrogens (primary N) is 2. The second kappa shape index (κ2) is 11.0. The van der Waals surface area contributed by atoms with Gasteiger partial charge in [-0.2, -0.15) is 0 Å². The predicted octanol–water partition coefficient (Wildman–Crippen LogP) is 2.33. The number of anilines is 3. The molecular weight excluding hydrogens is 507 g/mol. The average molecular weight is 537 g/mol. The van der Waals surface area contributed by atoms with Gasteiger partial charge in [-0.3, -0.25) is 9.69 Å². The molecule has 11 nitrogen and oxygen atoms in total. The third-order valence-electron chi connectivity index (χ3n) is 6.88. The van der Waals surface area contributed by atoms with E-state index in [0.717, 1.165) is 25.8 Å². The van der Waals surface area contributed by atoms with Crippen molar-refractivity contribution >= 4 is 52.5 Å². The van der Waals surface area contributed by atoms with Crippen LogP contribution < -0.4 is 16.4 Å². The van der Waals surface area contributed by atoms with Crippen LogP contribution in [0.3, 0.4) is 0 Å². The molecule has 4 rings (SSSR count). The number of likely N-dealkylation sites (tertiary alicyclic amines) is 1. The quantitative estimate of drug-likeness (QED) is 0.431. The summed E-state index contributed by atoms with van der Waals surface area (Å²) in [4.78, 5) is 43.7. The zero-order valence-electron chi connectivity index (χ0n) is 20.3. The van der Waals surface area contributed by atoms with Crippen molar-refractivity contribution in [2.45, 2.75) is 38.3 Å². The standard InChI is InChI=1S/C23H30Cl2N8O3/c1-3-13-12-32(21-18(25)29-17(20(27)30-21)23(35)36-2)10-11-33(13)14-6-8-31(9-7-14)22(34)15-4-5-16(24)28-19(15)26/h4-5,13-14H,3,6-12H2,1-2H3,(H2,26,28)(H2,27,30). The van der Waals surface area contributed by atoms with Crippen LogP contribution in [0.5, 0.6) is 0 Å². The normalized spacial score (nSPS) is 19.4. The van der Waals surface area contributed by atoms with E-state index in [1.807, 2.05) is 4.90 Å². The van der Waals surface area contributed by atoms with Gasteiger partial charge in [-0.25, -0.2) is 19.7 Å². The summed E-state index contributed by atoms with van der Waals surface area (Å²) in [7, 11) is 1.25. The summed E-state index contributed by atoms with van der Waals surface area (Å²) in [6.07, 6.45) is 2.67. The number of methoxy groups -OCH3 is 1. The Labute approximate surface area is 219 Å². The van der Waals surface area contributed by atoms with Crippen LogP contribution in [0.2, 0.25) is 10.3 Å². The predicted molar refractivity (Wildman–Crippen MR) is 138 cm³/mol. The van der Waals surface area contributed by atoms with E-state index in [2.05, 4.69) is 31.7 Å². The number of rotatable bonds is 5. The Morgan fingerprint density at radius 1 is 1.06 bits per heavy atom. The van der Waals surface area contributed by atoms with Crippen LogP contribution in [0.4, 0.5) is 17.5 Å². The van der Waals surface area contributed by atoms with Crippen LogP contribution in [0, 0.1) is 0 Å². The highest BCUT2D eigenvalue weighted by Crippen LogP contribution is 2.30. The van der Waals surface area contributed by atoms with Gasteiger partial charge in [0.15, 0.2) is 22.5 Å². The third-order valence-corrected chi connectivity index (χ3v) is 7.35. The maximum atomic E-state index is 13.0. The summed E-state index contributed by atoms with van der Waals surface area (Å²) in [6.45, 7) is 5.64. The first kappa shape index (κ1) is 26.2. The number of esters is 1. The first-order valence-electron chi connectivity index (χ1n) is 11.9.